The number of carbonyl (C=O) groups excluding carboxylic acids is 2. The molecular weight excluding hydrogens is 456 g/mol. The largest absolute Gasteiger partial charge is 0.481 e. The van der Waals surface area contributed by atoms with Gasteiger partial charge in [0, 0.05) is 31.8 Å². The Kier molecular flexibility index (Phi) is 11.3. The van der Waals surface area contributed by atoms with Crippen molar-refractivity contribution in [2.45, 2.75) is 70.1 Å². The highest BCUT2D eigenvalue weighted by molar-refractivity contribution is 5.79. The van der Waals surface area contributed by atoms with Crippen molar-refractivity contribution in [2.75, 3.05) is 19.7 Å². The number of rotatable bonds is 16. The van der Waals surface area contributed by atoms with Crippen molar-refractivity contribution in [1.82, 2.24) is 10.6 Å². The highest BCUT2D eigenvalue weighted by Crippen LogP contribution is 2.44. The van der Waals surface area contributed by atoms with Gasteiger partial charge in [-0.15, -0.1) is 0 Å². The number of fused-ring (bicyclic) bond motifs is 3. The molecule has 1 aliphatic rings. The lowest BCUT2D eigenvalue weighted by Gasteiger charge is -2.14. The van der Waals surface area contributed by atoms with Gasteiger partial charge in [-0.05, 0) is 47.9 Å². The second-order valence-corrected chi connectivity index (χ2v) is 9.32. The number of unbranched alkanes of at least 4 members (excludes halogenated alkanes) is 6. The zero-order chi connectivity index (χ0) is 25.6. The molecule has 0 unspecified atom stereocenters. The third-order valence-corrected chi connectivity index (χ3v) is 6.58. The lowest BCUT2D eigenvalue weighted by molar-refractivity contribution is -0.137. The minimum absolute atomic E-state index is 0.0613. The molecule has 0 heterocycles. The molecule has 1 aliphatic carbocycles. The number of benzene rings is 2. The van der Waals surface area contributed by atoms with Crippen molar-refractivity contribution in [3.63, 3.8) is 0 Å². The van der Waals surface area contributed by atoms with Gasteiger partial charge in [-0.2, -0.15) is 0 Å². The summed E-state index contributed by atoms with van der Waals surface area (Å²) in [7, 11) is 0. The third-order valence-electron chi connectivity index (χ3n) is 6.58. The molecule has 0 saturated heterocycles. The van der Waals surface area contributed by atoms with E-state index in [2.05, 4.69) is 34.9 Å². The van der Waals surface area contributed by atoms with Crippen LogP contribution >= 0.6 is 0 Å². The smallest absolute Gasteiger partial charge is 0.407 e. The Morgan fingerprint density at radius 1 is 0.694 bits per heavy atom. The number of ether oxygens (including phenoxy) is 1. The van der Waals surface area contributed by atoms with Crippen molar-refractivity contribution in [3.05, 3.63) is 59.7 Å². The number of hydrogen-bond acceptors (Lipinski definition) is 4. The summed E-state index contributed by atoms with van der Waals surface area (Å²) in [5.41, 5.74) is 4.82. The van der Waals surface area contributed by atoms with Gasteiger partial charge in [-0.1, -0.05) is 74.2 Å². The first-order valence-corrected chi connectivity index (χ1v) is 13.1. The summed E-state index contributed by atoms with van der Waals surface area (Å²) in [5, 5.41) is 14.4. The van der Waals surface area contributed by atoms with Crippen LogP contribution < -0.4 is 10.6 Å². The van der Waals surface area contributed by atoms with E-state index in [0.717, 1.165) is 44.9 Å². The molecule has 2 aromatic rings. The van der Waals surface area contributed by atoms with Crippen molar-refractivity contribution in [2.24, 2.45) is 0 Å². The summed E-state index contributed by atoms with van der Waals surface area (Å²) in [5.74, 6) is -0.625. The van der Waals surface area contributed by atoms with E-state index in [4.69, 9.17) is 9.84 Å². The summed E-state index contributed by atoms with van der Waals surface area (Å²) >= 11 is 0. The Hall–Kier alpha value is -3.35. The monoisotopic (exact) mass is 494 g/mol. The average molecular weight is 495 g/mol. The first kappa shape index (κ1) is 27.2. The van der Waals surface area contributed by atoms with Gasteiger partial charge in [0.2, 0.25) is 5.91 Å². The molecule has 0 fully saturated rings. The number of carboxylic acid groups (broad SMARTS) is 1. The predicted octanol–water partition coefficient (Wildman–Crippen LogP) is 5.63. The topological polar surface area (TPSA) is 105 Å². The maximum Gasteiger partial charge on any atom is 0.407 e. The third kappa shape index (κ3) is 8.70. The fourth-order valence-electron chi connectivity index (χ4n) is 4.67. The highest BCUT2D eigenvalue weighted by Gasteiger charge is 2.28. The number of amides is 2. The summed E-state index contributed by atoms with van der Waals surface area (Å²) in [4.78, 5) is 34.5. The normalized spacial score (nSPS) is 12.0. The SMILES string of the molecule is O=C(O)CCCCCCNC(=O)CCCCCCNC(=O)OCC1c2ccccc2-c2ccccc21. The van der Waals surface area contributed by atoms with Crippen LogP contribution in [0.4, 0.5) is 4.79 Å². The Labute approximate surface area is 213 Å². The molecule has 0 aliphatic heterocycles. The van der Waals surface area contributed by atoms with Crippen molar-refractivity contribution in [3.8, 4) is 11.1 Å². The van der Waals surface area contributed by atoms with E-state index in [1.807, 2.05) is 24.3 Å². The molecule has 2 amide bonds. The molecule has 0 saturated carbocycles. The molecule has 7 heteroatoms. The zero-order valence-electron chi connectivity index (χ0n) is 21.0. The van der Waals surface area contributed by atoms with Gasteiger partial charge in [-0.25, -0.2) is 4.79 Å². The quantitative estimate of drug-likeness (QED) is 0.263. The molecule has 2 aromatic carbocycles. The second-order valence-electron chi connectivity index (χ2n) is 9.32. The van der Waals surface area contributed by atoms with E-state index in [-0.39, 0.29) is 24.3 Å². The Morgan fingerprint density at radius 2 is 1.22 bits per heavy atom. The molecule has 3 rings (SSSR count). The molecule has 0 radical (unpaired) electrons. The van der Waals surface area contributed by atoms with E-state index < -0.39 is 5.97 Å². The Bertz CT molecular complexity index is 961. The van der Waals surface area contributed by atoms with Crippen molar-refractivity contribution < 1.29 is 24.2 Å². The number of alkyl carbamates (subject to hydrolysis) is 1. The van der Waals surface area contributed by atoms with Gasteiger partial charge in [0.05, 0.1) is 0 Å². The number of carbonyl (C=O) groups is 3. The maximum atomic E-state index is 12.2. The average Bonchev–Trinajstić information content (AvgIpc) is 3.20. The van der Waals surface area contributed by atoms with Crippen LogP contribution in [0.1, 0.15) is 81.3 Å². The number of hydrogen-bond donors (Lipinski definition) is 3. The summed E-state index contributed by atoms with van der Waals surface area (Å²) in [6, 6.07) is 16.6. The molecule has 7 nitrogen and oxygen atoms in total. The van der Waals surface area contributed by atoms with Crippen LogP contribution in [0.3, 0.4) is 0 Å². The van der Waals surface area contributed by atoms with E-state index >= 15 is 0 Å². The molecule has 0 atom stereocenters. The van der Waals surface area contributed by atoms with Crippen LogP contribution in [-0.2, 0) is 14.3 Å². The van der Waals surface area contributed by atoms with Gasteiger partial charge in [0.15, 0.2) is 0 Å². The number of nitrogens with one attached hydrogen (secondary N) is 2. The number of carboxylic acids is 1. The highest BCUT2D eigenvalue weighted by atomic mass is 16.5. The molecular formula is C29H38N2O5. The first-order valence-electron chi connectivity index (χ1n) is 13.1. The molecule has 0 bridgehead atoms. The van der Waals surface area contributed by atoms with E-state index in [1.165, 1.54) is 22.3 Å². The standard InChI is InChI=1S/C29H38N2O5/c32-27(30-19-11-4-2-6-18-28(33)34)17-5-1-3-12-20-31-29(35)36-21-26-24-15-9-7-13-22(24)23-14-8-10-16-25(23)26/h7-10,13-16,26H,1-6,11-12,17-21H2,(H,30,32)(H,31,35)(H,33,34). The van der Waals surface area contributed by atoms with Gasteiger partial charge in [0.25, 0.3) is 0 Å². The fourth-order valence-corrected chi connectivity index (χ4v) is 4.67. The van der Waals surface area contributed by atoms with Crippen LogP contribution in [0.2, 0.25) is 0 Å². The van der Waals surface area contributed by atoms with Crippen LogP contribution in [0.15, 0.2) is 48.5 Å². The van der Waals surface area contributed by atoms with Gasteiger partial charge >= 0.3 is 12.1 Å². The lowest BCUT2D eigenvalue weighted by atomic mass is 9.98. The maximum absolute atomic E-state index is 12.2. The lowest BCUT2D eigenvalue weighted by Crippen LogP contribution is -2.27. The molecule has 36 heavy (non-hydrogen) atoms. The predicted molar refractivity (Wildman–Crippen MR) is 140 cm³/mol. The van der Waals surface area contributed by atoms with E-state index in [1.54, 1.807) is 0 Å². The summed E-state index contributed by atoms with van der Waals surface area (Å²) in [6.45, 7) is 1.53. The minimum atomic E-state index is -0.753. The van der Waals surface area contributed by atoms with Gasteiger partial charge in [-0.3, -0.25) is 9.59 Å². The Morgan fingerprint density at radius 3 is 1.83 bits per heavy atom. The Balaban J connectivity index is 1.19. The van der Waals surface area contributed by atoms with E-state index in [9.17, 15) is 14.4 Å². The molecule has 0 spiro atoms. The first-order chi connectivity index (χ1) is 17.6. The van der Waals surface area contributed by atoms with Gasteiger partial charge < -0.3 is 20.5 Å². The summed E-state index contributed by atoms with van der Waals surface area (Å²) < 4.78 is 5.55. The molecule has 3 N–H and O–H groups in total. The van der Waals surface area contributed by atoms with Crippen molar-refractivity contribution in [1.29, 1.82) is 0 Å². The van der Waals surface area contributed by atoms with Crippen LogP contribution in [-0.4, -0.2) is 42.8 Å². The van der Waals surface area contributed by atoms with Crippen LogP contribution in [0, 0.1) is 0 Å². The minimum Gasteiger partial charge on any atom is -0.481 e. The second kappa shape index (κ2) is 14.9. The summed E-state index contributed by atoms with van der Waals surface area (Å²) in [6.07, 6.45) is 7.29. The van der Waals surface area contributed by atoms with Crippen LogP contribution in [0.25, 0.3) is 11.1 Å². The molecule has 0 aromatic heterocycles. The molecule has 194 valence electrons. The number of aliphatic carboxylic acids is 1. The van der Waals surface area contributed by atoms with E-state index in [0.29, 0.717) is 32.5 Å². The van der Waals surface area contributed by atoms with Crippen molar-refractivity contribution >= 4 is 18.0 Å². The van der Waals surface area contributed by atoms with Crippen LogP contribution in [0.5, 0.6) is 0 Å². The fraction of sp³-hybridized carbons (Fsp3) is 0.483. The zero-order valence-corrected chi connectivity index (χ0v) is 21.0. The van der Waals surface area contributed by atoms with Gasteiger partial charge in [0.1, 0.15) is 6.61 Å².